The van der Waals surface area contributed by atoms with Crippen LogP contribution in [0.1, 0.15) is 38.8 Å². The van der Waals surface area contributed by atoms with Crippen LogP contribution in [0.4, 0.5) is 0 Å². The van der Waals surface area contributed by atoms with Gasteiger partial charge < -0.3 is 19.5 Å². The van der Waals surface area contributed by atoms with E-state index in [1.807, 2.05) is 12.1 Å². The Morgan fingerprint density at radius 2 is 1.50 bits per heavy atom. The summed E-state index contributed by atoms with van der Waals surface area (Å²) in [5.74, 6) is 2.75. The minimum Gasteiger partial charge on any atom is -0.496 e. The molecule has 0 heterocycles. The number of benzene rings is 1. The molecule has 0 bridgehead atoms. The van der Waals surface area contributed by atoms with E-state index in [-0.39, 0.29) is 6.04 Å². The van der Waals surface area contributed by atoms with Gasteiger partial charge in [-0.15, -0.1) is 0 Å². The van der Waals surface area contributed by atoms with Crippen LogP contribution in [0.15, 0.2) is 12.1 Å². The van der Waals surface area contributed by atoms with Crippen molar-refractivity contribution in [2.75, 3.05) is 27.9 Å². The monoisotopic (exact) mass is 281 g/mol. The quantitative estimate of drug-likeness (QED) is 0.792. The summed E-state index contributed by atoms with van der Waals surface area (Å²) in [5, 5.41) is 3.54. The molecule has 4 nitrogen and oxygen atoms in total. The fourth-order valence-corrected chi connectivity index (χ4v) is 2.37. The topological polar surface area (TPSA) is 39.7 Å². The summed E-state index contributed by atoms with van der Waals surface area (Å²) < 4.78 is 16.3. The van der Waals surface area contributed by atoms with Gasteiger partial charge in [0.25, 0.3) is 0 Å². The highest BCUT2D eigenvalue weighted by Crippen LogP contribution is 2.39. The van der Waals surface area contributed by atoms with Gasteiger partial charge in [-0.1, -0.05) is 27.2 Å². The van der Waals surface area contributed by atoms with E-state index in [1.54, 1.807) is 21.3 Å². The van der Waals surface area contributed by atoms with Gasteiger partial charge in [-0.25, -0.2) is 0 Å². The van der Waals surface area contributed by atoms with Gasteiger partial charge in [-0.2, -0.15) is 0 Å². The standard InChI is InChI=1S/C16H27NO3/c1-7-11(3)16(17-8-2)12-9-14(19-5)15(20-6)10-13(12)18-4/h9-11,16-17H,7-8H2,1-6H3. The maximum Gasteiger partial charge on any atom is 0.164 e. The minimum absolute atomic E-state index is 0.236. The highest BCUT2D eigenvalue weighted by atomic mass is 16.5. The van der Waals surface area contributed by atoms with Gasteiger partial charge in [-0.3, -0.25) is 0 Å². The number of hydrogen-bond donors (Lipinski definition) is 1. The van der Waals surface area contributed by atoms with Crippen molar-refractivity contribution >= 4 is 0 Å². The van der Waals surface area contributed by atoms with Gasteiger partial charge in [0.05, 0.1) is 21.3 Å². The van der Waals surface area contributed by atoms with Gasteiger partial charge in [0.15, 0.2) is 11.5 Å². The molecule has 0 radical (unpaired) electrons. The fraction of sp³-hybridized carbons (Fsp3) is 0.625. The summed E-state index contributed by atoms with van der Waals surface area (Å²) in [5.41, 5.74) is 1.11. The Morgan fingerprint density at radius 3 is 1.95 bits per heavy atom. The molecule has 0 aliphatic heterocycles. The molecule has 20 heavy (non-hydrogen) atoms. The zero-order valence-electron chi connectivity index (χ0n) is 13.4. The number of nitrogens with one attached hydrogen (secondary N) is 1. The zero-order chi connectivity index (χ0) is 15.1. The lowest BCUT2D eigenvalue weighted by atomic mass is 9.91. The Bertz CT molecular complexity index is 420. The van der Waals surface area contributed by atoms with Crippen LogP contribution in [0.5, 0.6) is 17.2 Å². The maximum atomic E-state index is 5.53. The van der Waals surface area contributed by atoms with E-state index in [0.717, 1.165) is 30.0 Å². The number of hydrogen-bond acceptors (Lipinski definition) is 4. The fourth-order valence-electron chi connectivity index (χ4n) is 2.37. The third-order valence-corrected chi connectivity index (χ3v) is 3.71. The smallest absolute Gasteiger partial charge is 0.164 e. The van der Waals surface area contributed by atoms with E-state index in [2.05, 4.69) is 26.1 Å². The molecule has 4 heteroatoms. The predicted molar refractivity (Wildman–Crippen MR) is 82.0 cm³/mol. The molecule has 0 amide bonds. The van der Waals surface area contributed by atoms with Crippen molar-refractivity contribution in [1.82, 2.24) is 5.32 Å². The molecule has 1 N–H and O–H groups in total. The molecule has 1 aromatic rings. The average Bonchev–Trinajstić information content (AvgIpc) is 2.50. The average molecular weight is 281 g/mol. The van der Waals surface area contributed by atoms with Crippen LogP contribution in [0.3, 0.4) is 0 Å². The largest absolute Gasteiger partial charge is 0.496 e. The van der Waals surface area contributed by atoms with Gasteiger partial charge in [0.2, 0.25) is 0 Å². The zero-order valence-corrected chi connectivity index (χ0v) is 13.4. The molecule has 0 aromatic heterocycles. The Morgan fingerprint density at radius 1 is 0.950 bits per heavy atom. The first-order valence-electron chi connectivity index (χ1n) is 7.16. The molecule has 0 aliphatic rings. The lowest BCUT2D eigenvalue weighted by molar-refractivity contribution is 0.333. The van der Waals surface area contributed by atoms with Crippen LogP contribution in [0.2, 0.25) is 0 Å². The van der Waals surface area contributed by atoms with Crippen molar-refractivity contribution in [2.45, 2.75) is 33.2 Å². The summed E-state index contributed by atoms with van der Waals surface area (Å²) in [6, 6.07) is 4.14. The predicted octanol–water partition coefficient (Wildman–Crippen LogP) is 3.41. The first-order valence-corrected chi connectivity index (χ1v) is 7.16. The molecule has 2 atom stereocenters. The number of ether oxygens (including phenoxy) is 3. The van der Waals surface area contributed by atoms with Crippen molar-refractivity contribution in [2.24, 2.45) is 5.92 Å². The van der Waals surface area contributed by atoms with Gasteiger partial charge >= 0.3 is 0 Å². The Balaban J connectivity index is 3.31. The molecular formula is C16H27NO3. The van der Waals surface area contributed by atoms with Crippen LogP contribution in [0.25, 0.3) is 0 Å². The van der Waals surface area contributed by atoms with Gasteiger partial charge in [0.1, 0.15) is 5.75 Å². The Labute approximate surface area is 122 Å². The second-order valence-corrected chi connectivity index (χ2v) is 4.87. The number of rotatable bonds is 8. The van der Waals surface area contributed by atoms with Crippen LogP contribution in [-0.2, 0) is 0 Å². The highest BCUT2D eigenvalue weighted by molar-refractivity contribution is 5.52. The lowest BCUT2D eigenvalue weighted by Crippen LogP contribution is -2.27. The minimum atomic E-state index is 0.236. The molecule has 0 saturated heterocycles. The van der Waals surface area contributed by atoms with Crippen LogP contribution in [-0.4, -0.2) is 27.9 Å². The lowest BCUT2D eigenvalue weighted by Gasteiger charge is -2.27. The Kier molecular flexibility index (Phi) is 6.65. The highest BCUT2D eigenvalue weighted by Gasteiger charge is 2.23. The number of methoxy groups -OCH3 is 3. The summed E-state index contributed by atoms with van der Waals surface area (Å²) in [6.45, 7) is 7.46. The van der Waals surface area contributed by atoms with E-state index in [9.17, 15) is 0 Å². The van der Waals surface area contributed by atoms with Crippen LogP contribution in [0, 0.1) is 5.92 Å². The summed E-state index contributed by atoms with van der Waals surface area (Å²) >= 11 is 0. The molecule has 0 spiro atoms. The SMILES string of the molecule is CCNC(c1cc(OC)c(OC)cc1OC)C(C)CC. The van der Waals surface area contributed by atoms with Crippen LogP contribution < -0.4 is 19.5 Å². The van der Waals surface area contributed by atoms with Crippen LogP contribution >= 0.6 is 0 Å². The van der Waals surface area contributed by atoms with E-state index in [0.29, 0.717) is 11.7 Å². The normalized spacial score (nSPS) is 13.7. The second kappa shape index (κ2) is 8.00. The third kappa shape index (κ3) is 3.57. The van der Waals surface area contributed by atoms with Gasteiger partial charge in [0, 0.05) is 17.7 Å². The first-order chi connectivity index (χ1) is 9.62. The van der Waals surface area contributed by atoms with E-state index >= 15 is 0 Å². The van der Waals surface area contributed by atoms with E-state index in [1.165, 1.54) is 0 Å². The van der Waals surface area contributed by atoms with Crippen molar-refractivity contribution in [3.8, 4) is 17.2 Å². The summed E-state index contributed by atoms with van der Waals surface area (Å²) in [7, 11) is 4.97. The van der Waals surface area contributed by atoms with Gasteiger partial charge in [-0.05, 0) is 18.5 Å². The summed E-state index contributed by atoms with van der Waals surface area (Å²) in [4.78, 5) is 0. The second-order valence-electron chi connectivity index (χ2n) is 4.87. The summed E-state index contributed by atoms with van der Waals surface area (Å²) in [6.07, 6.45) is 1.09. The molecule has 0 saturated carbocycles. The molecule has 0 fully saturated rings. The molecule has 2 unspecified atom stereocenters. The van der Waals surface area contributed by atoms with E-state index < -0.39 is 0 Å². The molecule has 1 aromatic carbocycles. The van der Waals surface area contributed by atoms with Crippen molar-refractivity contribution in [1.29, 1.82) is 0 Å². The molecule has 114 valence electrons. The first kappa shape index (κ1) is 16.6. The molecular weight excluding hydrogens is 254 g/mol. The van der Waals surface area contributed by atoms with E-state index in [4.69, 9.17) is 14.2 Å². The molecule has 0 aliphatic carbocycles. The third-order valence-electron chi connectivity index (χ3n) is 3.71. The van der Waals surface area contributed by atoms with Crippen molar-refractivity contribution in [3.63, 3.8) is 0 Å². The van der Waals surface area contributed by atoms with Crippen molar-refractivity contribution in [3.05, 3.63) is 17.7 Å². The van der Waals surface area contributed by atoms with Crippen molar-refractivity contribution < 1.29 is 14.2 Å². The maximum absolute atomic E-state index is 5.53. The Hall–Kier alpha value is -1.42. The molecule has 1 rings (SSSR count).